The maximum Gasteiger partial charge on any atom is 0.261 e. The van der Waals surface area contributed by atoms with E-state index in [1.54, 1.807) is 30.3 Å². The lowest BCUT2D eigenvalue weighted by Gasteiger charge is -2.08. The minimum atomic E-state index is -0.461. The van der Waals surface area contributed by atoms with Crippen LogP contribution in [0.5, 0.6) is 0 Å². The molecule has 0 bridgehead atoms. The van der Waals surface area contributed by atoms with E-state index in [0.29, 0.717) is 11.1 Å². The Balaban J connectivity index is 1.99. The molecule has 3 aromatic carbocycles. The lowest BCUT2D eigenvalue weighted by Crippen LogP contribution is -2.32. The van der Waals surface area contributed by atoms with E-state index in [4.69, 9.17) is 5.84 Å². The fourth-order valence-electron chi connectivity index (χ4n) is 2.75. The van der Waals surface area contributed by atoms with Gasteiger partial charge in [0.2, 0.25) is 0 Å². The number of amides is 1. The molecule has 0 aliphatic heterocycles. The lowest BCUT2D eigenvalue weighted by molar-refractivity contribution is -0.117. The number of carbonyl (C=O) groups is 2. The zero-order chi connectivity index (χ0) is 17.6. The quantitative estimate of drug-likeness (QED) is 0.247. The highest BCUT2D eigenvalue weighted by molar-refractivity contribution is 6.08. The summed E-state index contributed by atoms with van der Waals surface area (Å²) in [6.45, 7) is 0. The molecule has 1 amide bonds. The van der Waals surface area contributed by atoms with Gasteiger partial charge in [-0.3, -0.25) is 15.0 Å². The maximum absolute atomic E-state index is 12.5. The largest absolute Gasteiger partial charge is 0.294 e. The number of hydrazine groups is 1. The van der Waals surface area contributed by atoms with Gasteiger partial charge in [0.05, 0.1) is 0 Å². The van der Waals surface area contributed by atoms with Crippen LogP contribution in [-0.4, -0.2) is 11.7 Å². The van der Waals surface area contributed by atoms with Crippen LogP contribution in [0.3, 0.4) is 0 Å². The van der Waals surface area contributed by atoms with Crippen molar-refractivity contribution in [2.45, 2.75) is 6.42 Å². The third-order valence-corrected chi connectivity index (χ3v) is 4.02. The van der Waals surface area contributed by atoms with Crippen LogP contribution < -0.4 is 11.3 Å². The van der Waals surface area contributed by atoms with E-state index in [1.807, 2.05) is 48.5 Å². The molecule has 0 aromatic heterocycles. The van der Waals surface area contributed by atoms with Gasteiger partial charge in [-0.15, -0.1) is 0 Å². The number of hydrogen-bond acceptors (Lipinski definition) is 3. The van der Waals surface area contributed by atoms with Crippen molar-refractivity contribution in [3.63, 3.8) is 0 Å². The number of carbonyl (C=O) groups excluding carboxylic acids is 2. The predicted molar refractivity (Wildman–Crippen MR) is 99.6 cm³/mol. The Bertz CT molecular complexity index is 941. The van der Waals surface area contributed by atoms with Gasteiger partial charge >= 0.3 is 0 Å². The van der Waals surface area contributed by atoms with Gasteiger partial charge in [-0.1, -0.05) is 72.8 Å². The molecule has 0 atom stereocenters. The fraction of sp³-hybridized carbons (Fsp3) is 0.0476. The molecule has 0 aliphatic rings. The first-order chi connectivity index (χ1) is 12.2. The van der Waals surface area contributed by atoms with Crippen LogP contribution in [0.2, 0.25) is 0 Å². The highest BCUT2D eigenvalue weighted by Crippen LogP contribution is 2.22. The molecule has 3 rings (SSSR count). The minimum absolute atomic E-state index is 0.0176. The average molecular weight is 330 g/mol. The number of Topliss-reactive ketones (excluding diaryl/α,β-unsaturated/α-hetero) is 1. The van der Waals surface area contributed by atoms with Crippen LogP contribution in [0.25, 0.3) is 16.8 Å². The maximum atomic E-state index is 12.5. The number of nitrogens with one attached hydrogen (secondary N) is 1. The SMILES string of the molecule is NNC(=O)/C(=C\c1cccc2ccccc12)CC(=O)c1ccccc1. The number of fused-ring (bicyclic) bond motifs is 1. The van der Waals surface area contributed by atoms with Gasteiger partial charge in [0.25, 0.3) is 5.91 Å². The monoisotopic (exact) mass is 330 g/mol. The van der Waals surface area contributed by atoms with E-state index in [1.165, 1.54) is 0 Å². The second-order valence-corrected chi connectivity index (χ2v) is 5.68. The molecular weight excluding hydrogens is 312 g/mol. The molecule has 0 fully saturated rings. The molecule has 3 aromatic rings. The first-order valence-corrected chi connectivity index (χ1v) is 7.96. The van der Waals surface area contributed by atoms with Crippen molar-refractivity contribution in [2.24, 2.45) is 5.84 Å². The van der Waals surface area contributed by atoms with Crippen molar-refractivity contribution < 1.29 is 9.59 Å². The average Bonchev–Trinajstić information content (AvgIpc) is 2.67. The molecule has 25 heavy (non-hydrogen) atoms. The normalized spacial score (nSPS) is 11.3. The summed E-state index contributed by atoms with van der Waals surface area (Å²) in [5, 5.41) is 2.08. The molecule has 0 aliphatic carbocycles. The van der Waals surface area contributed by atoms with E-state index in [0.717, 1.165) is 16.3 Å². The molecular formula is C21H18N2O2. The van der Waals surface area contributed by atoms with Gasteiger partial charge in [-0.25, -0.2) is 5.84 Å². The zero-order valence-electron chi connectivity index (χ0n) is 13.6. The van der Waals surface area contributed by atoms with Crippen LogP contribution in [0, 0.1) is 0 Å². The van der Waals surface area contributed by atoms with Crippen molar-refractivity contribution in [1.82, 2.24) is 5.43 Å². The minimum Gasteiger partial charge on any atom is -0.294 e. The van der Waals surface area contributed by atoms with Gasteiger partial charge in [-0.2, -0.15) is 0 Å². The topological polar surface area (TPSA) is 72.2 Å². The Kier molecular flexibility index (Phi) is 5.02. The van der Waals surface area contributed by atoms with Crippen LogP contribution >= 0.6 is 0 Å². The Labute approximate surface area is 145 Å². The highest BCUT2D eigenvalue weighted by Gasteiger charge is 2.15. The summed E-state index contributed by atoms with van der Waals surface area (Å²) >= 11 is 0. The zero-order valence-corrected chi connectivity index (χ0v) is 13.6. The summed E-state index contributed by atoms with van der Waals surface area (Å²) in [5.74, 6) is 4.71. The van der Waals surface area contributed by atoms with E-state index >= 15 is 0 Å². The Morgan fingerprint density at radius 1 is 0.880 bits per heavy atom. The smallest absolute Gasteiger partial charge is 0.261 e. The van der Waals surface area contributed by atoms with Gasteiger partial charge in [-0.05, 0) is 22.4 Å². The van der Waals surface area contributed by atoms with Crippen molar-refractivity contribution in [1.29, 1.82) is 0 Å². The summed E-state index contributed by atoms with van der Waals surface area (Å²) in [5.41, 5.74) is 3.90. The second kappa shape index (κ2) is 7.55. The number of rotatable bonds is 5. The van der Waals surface area contributed by atoms with Gasteiger partial charge < -0.3 is 0 Å². The Hall–Kier alpha value is -3.24. The number of benzene rings is 3. The standard InChI is InChI=1S/C21H18N2O2/c22-23-21(25)18(14-20(24)16-8-2-1-3-9-16)13-17-11-6-10-15-7-4-5-12-19(15)17/h1-13H,14,22H2,(H,23,25)/b18-13-. The number of nitrogens with two attached hydrogens (primary N) is 1. The van der Waals surface area contributed by atoms with Crippen LogP contribution in [0.4, 0.5) is 0 Å². The molecule has 3 N–H and O–H groups in total. The summed E-state index contributed by atoms with van der Waals surface area (Å²) in [7, 11) is 0. The third-order valence-electron chi connectivity index (χ3n) is 4.02. The lowest BCUT2D eigenvalue weighted by atomic mass is 9.98. The van der Waals surface area contributed by atoms with Crippen molar-refractivity contribution in [3.05, 3.63) is 89.5 Å². The Morgan fingerprint density at radius 2 is 1.56 bits per heavy atom. The molecule has 0 radical (unpaired) electrons. The van der Waals surface area contributed by atoms with E-state index < -0.39 is 5.91 Å². The van der Waals surface area contributed by atoms with Crippen LogP contribution in [-0.2, 0) is 4.79 Å². The predicted octanol–water partition coefficient (Wildman–Crippen LogP) is 3.49. The van der Waals surface area contributed by atoms with E-state index in [9.17, 15) is 9.59 Å². The highest BCUT2D eigenvalue weighted by atomic mass is 16.2. The van der Waals surface area contributed by atoms with E-state index in [2.05, 4.69) is 5.43 Å². The molecule has 0 heterocycles. The molecule has 0 unspecified atom stereocenters. The summed E-state index contributed by atoms with van der Waals surface area (Å²) in [6.07, 6.45) is 1.71. The molecule has 124 valence electrons. The van der Waals surface area contributed by atoms with E-state index in [-0.39, 0.29) is 12.2 Å². The van der Waals surface area contributed by atoms with Gasteiger partial charge in [0.1, 0.15) is 0 Å². The number of ketones is 1. The third kappa shape index (κ3) is 3.82. The molecule has 4 nitrogen and oxygen atoms in total. The first-order valence-electron chi connectivity index (χ1n) is 7.96. The molecule has 4 heteroatoms. The first kappa shape index (κ1) is 16.6. The number of hydrogen-bond donors (Lipinski definition) is 2. The fourth-order valence-corrected chi connectivity index (χ4v) is 2.75. The van der Waals surface area contributed by atoms with Crippen molar-refractivity contribution >= 4 is 28.5 Å². The van der Waals surface area contributed by atoms with Crippen molar-refractivity contribution in [2.75, 3.05) is 0 Å². The molecule has 0 saturated carbocycles. The van der Waals surface area contributed by atoms with Crippen molar-refractivity contribution in [3.8, 4) is 0 Å². The summed E-state index contributed by atoms with van der Waals surface area (Å²) in [6, 6.07) is 22.6. The van der Waals surface area contributed by atoms with Gasteiger partial charge in [0, 0.05) is 17.6 Å². The van der Waals surface area contributed by atoms with Gasteiger partial charge in [0.15, 0.2) is 5.78 Å². The molecule has 0 spiro atoms. The Morgan fingerprint density at radius 3 is 2.32 bits per heavy atom. The van der Waals surface area contributed by atoms with Crippen LogP contribution in [0.15, 0.2) is 78.4 Å². The summed E-state index contributed by atoms with van der Waals surface area (Å²) in [4.78, 5) is 24.6. The molecule has 0 saturated heterocycles. The second-order valence-electron chi connectivity index (χ2n) is 5.68. The summed E-state index contributed by atoms with van der Waals surface area (Å²) < 4.78 is 0. The van der Waals surface area contributed by atoms with Crippen LogP contribution in [0.1, 0.15) is 22.3 Å².